The number of piperidine rings is 1. The van der Waals surface area contributed by atoms with Crippen molar-refractivity contribution in [2.24, 2.45) is 11.3 Å². The van der Waals surface area contributed by atoms with Crippen LogP contribution in [-0.4, -0.2) is 40.6 Å². The summed E-state index contributed by atoms with van der Waals surface area (Å²) in [6.45, 7) is 10.7. The largest absolute Gasteiger partial charge is 0.481 e. The van der Waals surface area contributed by atoms with Gasteiger partial charge in [-0.3, -0.25) is 4.79 Å². The first-order chi connectivity index (χ1) is 8.62. The molecule has 0 bridgehead atoms. The third-order valence-electron chi connectivity index (χ3n) is 4.13. The van der Waals surface area contributed by atoms with E-state index in [-0.39, 0.29) is 29.4 Å². The third-order valence-corrected chi connectivity index (χ3v) is 4.13. The van der Waals surface area contributed by atoms with Crippen molar-refractivity contribution < 1.29 is 14.7 Å². The van der Waals surface area contributed by atoms with Gasteiger partial charge in [-0.15, -0.1) is 0 Å². The molecule has 0 spiro atoms. The summed E-state index contributed by atoms with van der Waals surface area (Å²) in [6.07, 6.45) is 1.07. The predicted molar refractivity (Wildman–Crippen MR) is 74.0 cm³/mol. The maximum Gasteiger partial charge on any atom is 0.317 e. The van der Waals surface area contributed by atoms with Crippen molar-refractivity contribution in [3.8, 4) is 0 Å². The number of carbonyl (C=O) groups excluding carboxylic acids is 1. The van der Waals surface area contributed by atoms with Gasteiger partial charge in [-0.2, -0.15) is 0 Å². The van der Waals surface area contributed by atoms with E-state index >= 15 is 0 Å². The number of hydrogen-bond donors (Lipinski definition) is 2. The number of amides is 2. The fraction of sp³-hybridized carbons (Fsp3) is 0.857. The SMILES string of the molecule is CC1CC(C(=O)O)CCN1C(=O)NC(C)C(C)(C)C. The minimum absolute atomic E-state index is 0.0122. The summed E-state index contributed by atoms with van der Waals surface area (Å²) in [5.74, 6) is -1.07. The van der Waals surface area contributed by atoms with Gasteiger partial charge in [0, 0.05) is 18.6 Å². The van der Waals surface area contributed by atoms with Gasteiger partial charge >= 0.3 is 12.0 Å². The summed E-state index contributed by atoms with van der Waals surface area (Å²) >= 11 is 0. The van der Waals surface area contributed by atoms with E-state index < -0.39 is 5.97 Å². The highest BCUT2D eigenvalue weighted by Gasteiger charge is 2.33. The van der Waals surface area contributed by atoms with E-state index in [1.165, 1.54) is 0 Å². The number of hydrogen-bond acceptors (Lipinski definition) is 2. The van der Waals surface area contributed by atoms with E-state index in [0.717, 1.165) is 0 Å². The quantitative estimate of drug-likeness (QED) is 0.809. The molecule has 3 atom stereocenters. The first-order valence-electron chi connectivity index (χ1n) is 6.93. The summed E-state index contributed by atoms with van der Waals surface area (Å²) in [6, 6.07) is -0.0369. The van der Waals surface area contributed by atoms with E-state index in [1.54, 1.807) is 4.90 Å². The van der Waals surface area contributed by atoms with Crippen LogP contribution in [0.2, 0.25) is 0 Å². The van der Waals surface area contributed by atoms with Gasteiger partial charge in [0.15, 0.2) is 0 Å². The van der Waals surface area contributed by atoms with Crippen LogP contribution in [0.15, 0.2) is 0 Å². The Morgan fingerprint density at radius 3 is 2.37 bits per heavy atom. The maximum atomic E-state index is 12.2. The summed E-state index contributed by atoms with van der Waals surface area (Å²) < 4.78 is 0. The van der Waals surface area contributed by atoms with E-state index in [2.05, 4.69) is 26.1 Å². The highest BCUT2D eigenvalue weighted by molar-refractivity contribution is 5.76. The zero-order chi connectivity index (χ0) is 14.8. The summed E-state index contributed by atoms with van der Waals surface area (Å²) in [5, 5.41) is 12.0. The Morgan fingerprint density at radius 2 is 1.95 bits per heavy atom. The number of rotatable bonds is 2. The van der Waals surface area contributed by atoms with Crippen molar-refractivity contribution in [2.45, 2.75) is 59.5 Å². The molecule has 1 rings (SSSR count). The van der Waals surface area contributed by atoms with E-state index in [4.69, 9.17) is 5.11 Å². The number of aliphatic carboxylic acids is 1. The number of nitrogens with one attached hydrogen (secondary N) is 1. The zero-order valence-corrected chi connectivity index (χ0v) is 12.6. The van der Waals surface area contributed by atoms with Crippen LogP contribution < -0.4 is 5.32 Å². The zero-order valence-electron chi connectivity index (χ0n) is 12.6. The number of urea groups is 1. The van der Waals surface area contributed by atoms with Gasteiger partial charge in [-0.05, 0) is 32.1 Å². The third kappa shape index (κ3) is 4.11. The normalized spacial score (nSPS) is 25.8. The van der Waals surface area contributed by atoms with E-state index in [1.807, 2.05) is 13.8 Å². The number of carboxylic acids is 1. The average Bonchev–Trinajstić information content (AvgIpc) is 2.26. The Labute approximate surface area is 115 Å². The van der Waals surface area contributed by atoms with Crippen LogP contribution in [0.25, 0.3) is 0 Å². The second-order valence-corrected chi connectivity index (χ2v) is 6.64. The lowest BCUT2D eigenvalue weighted by molar-refractivity contribution is -0.143. The highest BCUT2D eigenvalue weighted by atomic mass is 16.4. The van der Waals surface area contributed by atoms with Gasteiger partial charge in [-0.1, -0.05) is 20.8 Å². The highest BCUT2D eigenvalue weighted by Crippen LogP contribution is 2.24. The second-order valence-electron chi connectivity index (χ2n) is 6.64. The van der Waals surface area contributed by atoms with Gasteiger partial charge in [0.2, 0.25) is 0 Å². The first kappa shape index (κ1) is 15.8. The predicted octanol–water partition coefficient (Wildman–Crippen LogP) is 2.32. The van der Waals surface area contributed by atoms with Crippen molar-refractivity contribution in [1.29, 1.82) is 0 Å². The lowest BCUT2D eigenvalue weighted by Crippen LogP contribution is -2.53. The molecule has 3 unspecified atom stereocenters. The number of carboxylic acid groups (broad SMARTS) is 1. The van der Waals surface area contributed by atoms with Crippen LogP contribution in [0.5, 0.6) is 0 Å². The topological polar surface area (TPSA) is 69.6 Å². The second kappa shape index (κ2) is 5.80. The van der Waals surface area contributed by atoms with Crippen LogP contribution in [-0.2, 0) is 4.79 Å². The Hall–Kier alpha value is -1.26. The van der Waals surface area contributed by atoms with Gasteiger partial charge < -0.3 is 15.3 Å². The van der Waals surface area contributed by atoms with Gasteiger partial charge in [0.05, 0.1) is 5.92 Å². The molecule has 19 heavy (non-hydrogen) atoms. The molecule has 0 aliphatic carbocycles. The fourth-order valence-electron chi connectivity index (χ4n) is 2.18. The van der Waals surface area contributed by atoms with Crippen LogP contribution in [0.3, 0.4) is 0 Å². The molecule has 1 heterocycles. The van der Waals surface area contributed by atoms with Gasteiger partial charge in [-0.25, -0.2) is 4.79 Å². The van der Waals surface area contributed by atoms with Gasteiger partial charge in [0.25, 0.3) is 0 Å². The Bertz CT molecular complexity index is 349. The van der Waals surface area contributed by atoms with Crippen molar-refractivity contribution in [3.63, 3.8) is 0 Å². The summed E-state index contributed by atoms with van der Waals surface area (Å²) in [7, 11) is 0. The minimum Gasteiger partial charge on any atom is -0.481 e. The molecular formula is C14H26N2O3. The standard InChI is InChI=1S/C14H26N2O3/c1-9-8-11(12(17)18)6-7-16(9)13(19)15-10(2)14(3,4)5/h9-11H,6-8H2,1-5H3,(H,15,19)(H,17,18). The molecule has 5 nitrogen and oxygen atoms in total. The Kier molecular flexibility index (Phi) is 4.82. The summed E-state index contributed by atoms with van der Waals surface area (Å²) in [5.41, 5.74) is 0.0122. The van der Waals surface area contributed by atoms with Crippen molar-refractivity contribution in [2.75, 3.05) is 6.54 Å². The molecule has 2 amide bonds. The minimum atomic E-state index is -0.755. The molecule has 0 aromatic rings. The Balaban J connectivity index is 2.57. The fourth-order valence-corrected chi connectivity index (χ4v) is 2.18. The van der Waals surface area contributed by atoms with Gasteiger partial charge in [0.1, 0.15) is 0 Å². The Morgan fingerprint density at radius 1 is 1.37 bits per heavy atom. The van der Waals surface area contributed by atoms with Crippen LogP contribution in [0, 0.1) is 11.3 Å². The molecule has 0 saturated carbocycles. The van der Waals surface area contributed by atoms with Crippen molar-refractivity contribution >= 4 is 12.0 Å². The molecule has 1 aliphatic rings. The molecular weight excluding hydrogens is 244 g/mol. The molecule has 1 aliphatic heterocycles. The van der Waals surface area contributed by atoms with Crippen LogP contribution in [0.4, 0.5) is 4.79 Å². The molecule has 0 aromatic heterocycles. The number of carbonyl (C=O) groups is 2. The molecule has 110 valence electrons. The van der Waals surface area contributed by atoms with Crippen molar-refractivity contribution in [1.82, 2.24) is 10.2 Å². The van der Waals surface area contributed by atoms with Crippen LogP contribution in [0.1, 0.15) is 47.5 Å². The number of nitrogens with zero attached hydrogens (tertiary/aromatic N) is 1. The molecule has 5 heteroatoms. The number of likely N-dealkylation sites (tertiary alicyclic amines) is 1. The van der Waals surface area contributed by atoms with E-state index in [9.17, 15) is 9.59 Å². The molecule has 0 radical (unpaired) electrons. The smallest absolute Gasteiger partial charge is 0.317 e. The monoisotopic (exact) mass is 270 g/mol. The van der Waals surface area contributed by atoms with Crippen LogP contribution >= 0.6 is 0 Å². The maximum absolute atomic E-state index is 12.2. The lowest BCUT2D eigenvalue weighted by Gasteiger charge is -2.38. The van der Waals surface area contributed by atoms with Crippen molar-refractivity contribution in [3.05, 3.63) is 0 Å². The first-order valence-corrected chi connectivity index (χ1v) is 6.93. The molecule has 1 saturated heterocycles. The average molecular weight is 270 g/mol. The molecule has 0 aromatic carbocycles. The molecule has 2 N–H and O–H groups in total. The summed E-state index contributed by atoms with van der Waals surface area (Å²) in [4.78, 5) is 24.9. The molecule has 1 fully saturated rings. The lowest BCUT2D eigenvalue weighted by atomic mass is 9.88. The van der Waals surface area contributed by atoms with E-state index in [0.29, 0.717) is 19.4 Å².